The summed E-state index contributed by atoms with van der Waals surface area (Å²) < 4.78 is 5.27. The van der Waals surface area contributed by atoms with Crippen molar-refractivity contribution in [3.8, 4) is 0 Å². The van der Waals surface area contributed by atoms with E-state index < -0.39 is 5.97 Å². The van der Waals surface area contributed by atoms with Gasteiger partial charge in [-0.25, -0.2) is 0 Å². The van der Waals surface area contributed by atoms with Crippen LogP contribution in [0, 0.1) is 0 Å². The molecule has 1 atom stereocenters. The Kier molecular flexibility index (Phi) is 1.94. The zero-order valence-electron chi connectivity index (χ0n) is 6.09. The fraction of sp³-hybridized carbons (Fsp3) is 0.857. The molecule has 0 bridgehead atoms. The average Bonchev–Trinajstić information content (AvgIpc) is 2.12. The minimum absolute atomic E-state index is 0.132. The molecule has 0 aromatic rings. The van der Waals surface area contributed by atoms with Crippen LogP contribution in [-0.2, 0) is 9.53 Å². The van der Waals surface area contributed by atoms with Gasteiger partial charge in [0.2, 0.25) is 0 Å². The number of ether oxygens (including phenoxy) is 1. The summed E-state index contributed by atoms with van der Waals surface area (Å²) in [6.45, 7) is 2.57. The van der Waals surface area contributed by atoms with Crippen LogP contribution in [0.15, 0.2) is 0 Å². The second-order valence-electron chi connectivity index (χ2n) is 2.97. The van der Waals surface area contributed by atoms with Gasteiger partial charge in [0.05, 0.1) is 12.0 Å². The summed E-state index contributed by atoms with van der Waals surface area (Å²) in [4.78, 5) is 10.3. The Bertz CT molecular complexity index is 136. The topological polar surface area (TPSA) is 46.5 Å². The molecule has 1 saturated heterocycles. The minimum Gasteiger partial charge on any atom is -0.481 e. The van der Waals surface area contributed by atoms with Crippen LogP contribution in [-0.4, -0.2) is 23.3 Å². The second-order valence-corrected chi connectivity index (χ2v) is 2.97. The first-order chi connectivity index (χ1) is 4.62. The number of carboxylic acid groups (broad SMARTS) is 1. The van der Waals surface area contributed by atoms with Gasteiger partial charge in [0, 0.05) is 6.61 Å². The molecule has 0 aromatic carbocycles. The van der Waals surface area contributed by atoms with Gasteiger partial charge in [-0.2, -0.15) is 0 Å². The van der Waals surface area contributed by atoms with Gasteiger partial charge in [0.25, 0.3) is 0 Å². The van der Waals surface area contributed by atoms with E-state index in [2.05, 4.69) is 0 Å². The molecule has 0 spiro atoms. The first kappa shape index (κ1) is 7.54. The molecule has 1 heterocycles. The van der Waals surface area contributed by atoms with Crippen LogP contribution in [0.3, 0.4) is 0 Å². The van der Waals surface area contributed by atoms with Gasteiger partial charge in [0.15, 0.2) is 0 Å². The van der Waals surface area contributed by atoms with Crippen LogP contribution in [0.4, 0.5) is 0 Å². The summed E-state index contributed by atoms with van der Waals surface area (Å²) in [5.74, 6) is -0.774. The molecule has 0 radical (unpaired) electrons. The van der Waals surface area contributed by atoms with Crippen molar-refractivity contribution in [1.82, 2.24) is 0 Å². The maximum atomic E-state index is 10.3. The summed E-state index contributed by atoms with van der Waals surface area (Å²) in [5.41, 5.74) is -0.383. The number of carbonyl (C=O) groups is 1. The number of hydrogen-bond donors (Lipinski definition) is 1. The molecule has 1 aliphatic heterocycles. The molecule has 58 valence electrons. The van der Waals surface area contributed by atoms with Crippen molar-refractivity contribution in [3.05, 3.63) is 0 Å². The molecule has 3 nitrogen and oxygen atoms in total. The summed E-state index contributed by atoms with van der Waals surface area (Å²) in [6, 6.07) is 0. The van der Waals surface area contributed by atoms with Crippen molar-refractivity contribution in [2.24, 2.45) is 0 Å². The lowest BCUT2D eigenvalue weighted by Gasteiger charge is -2.19. The first-order valence-corrected chi connectivity index (χ1v) is 3.48. The molecule has 1 N–H and O–H groups in total. The predicted octanol–water partition coefficient (Wildman–Crippen LogP) is 1.03. The summed E-state index contributed by atoms with van der Waals surface area (Å²) >= 11 is 0. The third-order valence-corrected chi connectivity index (χ3v) is 1.83. The Morgan fingerprint density at radius 3 is 2.90 bits per heavy atom. The van der Waals surface area contributed by atoms with Gasteiger partial charge in [-0.15, -0.1) is 0 Å². The molecular formula is C7H12O3. The van der Waals surface area contributed by atoms with E-state index in [0.717, 1.165) is 12.8 Å². The van der Waals surface area contributed by atoms with Crippen molar-refractivity contribution in [2.75, 3.05) is 6.61 Å². The Balaban J connectivity index is 2.43. The van der Waals surface area contributed by atoms with Crippen molar-refractivity contribution in [2.45, 2.75) is 31.8 Å². The predicted molar refractivity (Wildman–Crippen MR) is 35.8 cm³/mol. The molecule has 1 fully saturated rings. The van der Waals surface area contributed by atoms with Gasteiger partial charge in [0.1, 0.15) is 0 Å². The Morgan fingerprint density at radius 2 is 2.50 bits per heavy atom. The fourth-order valence-corrected chi connectivity index (χ4v) is 1.30. The number of carboxylic acids is 1. The van der Waals surface area contributed by atoms with Crippen LogP contribution in [0.25, 0.3) is 0 Å². The molecule has 0 saturated carbocycles. The Hall–Kier alpha value is -0.570. The zero-order chi connectivity index (χ0) is 7.61. The molecule has 0 amide bonds. The first-order valence-electron chi connectivity index (χ1n) is 3.48. The van der Waals surface area contributed by atoms with Crippen molar-refractivity contribution in [1.29, 1.82) is 0 Å². The molecule has 10 heavy (non-hydrogen) atoms. The Morgan fingerprint density at radius 1 is 1.80 bits per heavy atom. The molecular weight excluding hydrogens is 132 g/mol. The molecule has 1 aliphatic rings. The molecule has 0 aromatic heterocycles. The summed E-state index contributed by atoms with van der Waals surface area (Å²) in [5, 5.41) is 8.46. The lowest BCUT2D eigenvalue weighted by Crippen LogP contribution is -2.26. The van der Waals surface area contributed by atoms with Crippen LogP contribution < -0.4 is 0 Å². The monoisotopic (exact) mass is 144 g/mol. The second kappa shape index (κ2) is 2.58. The van der Waals surface area contributed by atoms with E-state index in [-0.39, 0.29) is 12.0 Å². The quantitative estimate of drug-likeness (QED) is 0.629. The highest BCUT2D eigenvalue weighted by Crippen LogP contribution is 2.27. The minimum atomic E-state index is -0.774. The largest absolute Gasteiger partial charge is 0.481 e. The van der Waals surface area contributed by atoms with E-state index in [4.69, 9.17) is 9.84 Å². The van der Waals surface area contributed by atoms with Gasteiger partial charge < -0.3 is 9.84 Å². The number of rotatable bonds is 2. The van der Waals surface area contributed by atoms with E-state index in [1.165, 1.54) is 0 Å². The van der Waals surface area contributed by atoms with Gasteiger partial charge in [-0.05, 0) is 19.8 Å². The standard InChI is InChI=1S/C7H12O3/c1-7(5-6(8)9)3-2-4-10-7/h2-5H2,1H3,(H,8,9)/t7-/m1/s1. The highest BCUT2D eigenvalue weighted by Gasteiger charge is 2.31. The molecule has 0 aliphatic carbocycles. The molecule has 0 unspecified atom stereocenters. The van der Waals surface area contributed by atoms with E-state index >= 15 is 0 Å². The summed E-state index contributed by atoms with van der Waals surface area (Å²) in [7, 11) is 0. The normalized spacial score (nSPS) is 32.5. The molecule has 3 heteroatoms. The van der Waals surface area contributed by atoms with Crippen molar-refractivity contribution in [3.63, 3.8) is 0 Å². The van der Waals surface area contributed by atoms with Crippen LogP contribution in [0.2, 0.25) is 0 Å². The summed E-state index contributed by atoms with van der Waals surface area (Å²) in [6.07, 6.45) is 2.00. The SMILES string of the molecule is C[C@]1(CC(=O)O)CCCO1. The smallest absolute Gasteiger partial charge is 0.306 e. The van der Waals surface area contributed by atoms with E-state index in [1.807, 2.05) is 6.92 Å². The van der Waals surface area contributed by atoms with Crippen LogP contribution >= 0.6 is 0 Å². The lowest BCUT2D eigenvalue weighted by molar-refractivity contribution is -0.142. The maximum Gasteiger partial charge on any atom is 0.306 e. The highest BCUT2D eigenvalue weighted by atomic mass is 16.5. The Labute approximate surface area is 60.0 Å². The number of aliphatic carboxylic acids is 1. The third-order valence-electron chi connectivity index (χ3n) is 1.83. The van der Waals surface area contributed by atoms with Gasteiger partial charge in [-0.3, -0.25) is 4.79 Å². The van der Waals surface area contributed by atoms with Crippen LogP contribution in [0.1, 0.15) is 26.2 Å². The van der Waals surface area contributed by atoms with Crippen molar-refractivity contribution >= 4 is 5.97 Å². The number of hydrogen-bond acceptors (Lipinski definition) is 2. The van der Waals surface area contributed by atoms with Gasteiger partial charge in [-0.1, -0.05) is 0 Å². The van der Waals surface area contributed by atoms with E-state index in [0.29, 0.717) is 6.61 Å². The average molecular weight is 144 g/mol. The maximum absolute atomic E-state index is 10.3. The zero-order valence-corrected chi connectivity index (χ0v) is 6.09. The van der Waals surface area contributed by atoms with E-state index in [9.17, 15) is 4.79 Å². The molecule has 1 rings (SSSR count). The third kappa shape index (κ3) is 1.70. The lowest BCUT2D eigenvalue weighted by atomic mass is 9.99. The van der Waals surface area contributed by atoms with E-state index in [1.54, 1.807) is 0 Å². The van der Waals surface area contributed by atoms with Gasteiger partial charge >= 0.3 is 5.97 Å². The van der Waals surface area contributed by atoms with Crippen molar-refractivity contribution < 1.29 is 14.6 Å². The fourth-order valence-electron chi connectivity index (χ4n) is 1.30. The highest BCUT2D eigenvalue weighted by molar-refractivity contribution is 5.68. The van der Waals surface area contributed by atoms with Crippen LogP contribution in [0.5, 0.6) is 0 Å².